The number of anilines is 2. The molecule has 1 fully saturated rings. The highest BCUT2D eigenvalue weighted by Gasteiger charge is 2.33. The van der Waals surface area contributed by atoms with Crippen molar-refractivity contribution in [1.29, 1.82) is 0 Å². The zero-order chi connectivity index (χ0) is 33.2. The molecule has 1 aliphatic rings. The zero-order valence-electron chi connectivity index (χ0n) is 24.1. The Morgan fingerprint density at radius 3 is 2.43 bits per heavy atom. The van der Waals surface area contributed by atoms with Crippen LogP contribution in [0, 0.1) is 13.8 Å². The van der Waals surface area contributed by atoms with Gasteiger partial charge in [-0.2, -0.15) is 31.3 Å². The lowest BCUT2D eigenvalue weighted by atomic mass is 10.1. The Morgan fingerprint density at radius 2 is 1.76 bits per heavy atom. The van der Waals surface area contributed by atoms with Crippen LogP contribution in [0.1, 0.15) is 22.3 Å². The van der Waals surface area contributed by atoms with E-state index in [1.807, 2.05) is 0 Å². The van der Waals surface area contributed by atoms with E-state index in [0.29, 0.717) is 33.9 Å². The van der Waals surface area contributed by atoms with Crippen LogP contribution in [0.3, 0.4) is 0 Å². The number of halogens is 6. The molecule has 0 bridgehead atoms. The number of thioether (sulfide) groups is 1. The number of amides is 3. The topological polar surface area (TPSA) is 102 Å². The summed E-state index contributed by atoms with van der Waals surface area (Å²) < 4.78 is 82.7. The minimum absolute atomic E-state index is 0.0251. The molecule has 1 aliphatic heterocycles. The quantitative estimate of drug-likeness (QED) is 0.208. The second-order valence-electron chi connectivity index (χ2n) is 10.2. The smallest absolute Gasteiger partial charge is 0.367 e. The van der Waals surface area contributed by atoms with Gasteiger partial charge in [0, 0.05) is 16.8 Å². The Kier molecular flexibility index (Phi) is 9.21. The maximum atomic E-state index is 12.9. The highest BCUT2D eigenvalue weighted by molar-refractivity contribution is 8.15. The van der Waals surface area contributed by atoms with Gasteiger partial charge in [0.1, 0.15) is 12.9 Å². The molecular formula is C30H24F6N6O3S. The third kappa shape index (κ3) is 7.74. The molecule has 240 valence electrons. The fourth-order valence-corrected chi connectivity index (χ4v) is 5.32. The summed E-state index contributed by atoms with van der Waals surface area (Å²) in [4.78, 5) is 35.2. The van der Waals surface area contributed by atoms with E-state index in [1.165, 1.54) is 28.0 Å². The predicted octanol–water partition coefficient (Wildman–Crippen LogP) is 7.32. The predicted molar refractivity (Wildman–Crippen MR) is 160 cm³/mol. The van der Waals surface area contributed by atoms with Crippen LogP contribution in [-0.2, 0) is 22.3 Å². The summed E-state index contributed by atoms with van der Waals surface area (Å²) in [5.41, 5.74) is 2.52. The number of aliphatic imine (C=N–C) groups is 1. The Labute approximate surface area is 262 Å². The molecule has 0 atom stereocenters. The van der Waals surface area contributed by atoms with Gasteiger partial charge in [0.15, 0.2) is 11.0 Å². The molecule has 3 aromatic carbocycles. The highest BCUT2D eigenvalue weighted by atomic mass is 32.2. The molecule has 9 nitrogen and oxygen atoms in total. The molecule has 0 spiro atoms. The molecule has 0 saturated carbocycles. The van der Waals surface area contributed by atoms with Gasteiger partial charge in [-0.25, -0.2) is 14.5 Å². The van der Waals surface area contributed by atoms with Crippen molar-refractivity contribution in [3.05, 3.63) is 89.2 Å². The number of alkyl halides is 6. The summed E-state index contributed by atoms with van der Waals surface area (Å²) in [5, 5.41) is 7.06. The summed E-state index contributed by atoms with van der Waals surface area (Å²) in [5.74, 6) is -0.128. The standard InChI is InChI=1S/C30H24F6N6O3S/c1-17-3-4-20(13-45-15-29(31,32)33)24(11-17)42-25(43)14-46-28(42)39-27(44)38-23-10-5-19(12-18(23)2)26-37-16-41(40-26)22-8-6-21(7-9-22)30(34,35)36/h3-12,16H,13-15H2,1-2H3,(H,38,44)/b39-28-. The van der Waals surface area contributed by atoms with E-state index in [9.17, 15) is 35.9 Å². The number of nitrogens with zero attached hydrogens (tertiary/aromatic N) is 5. The average Bonchev–Trinajstić information content (AvgIpc) is 3.61. The lowest BCUT2D eigenvalue weighted by Gasteiger charge is -2.21. The molecule has 0 unspecified atom stereocenters. The van der Waals surface area contributed by atoms with Crippen molar-refractivity contribution in [3.63, 3.8) is 0 Å². The van der Waals surface area contributed by atoms with Gasteiger partial charge in [-0.15, -0.1) is 5.10 Å². The molecule has 1 saturated heterocycles. The number of hydrogen-bond acceptors (Lipinski definition) is 6. The largest absolute Gasteiger partial charge is 0.416 e. The number of urea groups is 1. The Morgan fingerprint density at radius 1 is 1.02 bits per heavy atom. The van der Waals surface area contributed by atoms with Crippen LogP contribution < -0.4 is 10.2 Å². The first-order valence-electron chi connectivity index (χ1n) is 13.5. The summed E-state index contributed by atoms with van der Waals surface area (Å²) in [6, 6.07) is 13.5. The molecule has 0 aliphatic carbocycles. The molecule has 1 N–H and O–H groups in total. The molecule has 2 heterocycles. The first-order valence-corrected chi connectivity index (χ1v) is 14.5. The zero-order valence-corrected chi connectivity index (χ0v) is 24.9. The number of ether oxygens (including phenoxy) is 1. The van der Waals surface area contributed by atoms with Gasteiger partial charge in [-0.1, -0.05) is 23.9 Å². The van der Waals surface area contributed by atoms with E-state index in [4.69, 9.17) is 4.74 Å². The van der Waals surface area contributed by atoms with Gasteiger partial charge in [-0.3, -0.25) is 9.69 Å². The van der Waals surface area contributed by atoms with Crippen molar-refractivity contribution >= 4 is 40.2 Å². The molecule has 1 aromatic heterocycles. The summed E-state index contributed by atoms with van der Waals surface area (Å²) in [6.45, 7) is 1.61. The summed E-state index contributed by atoms with van der Waals surface area (Å²) >= 11 is 1.01. The van der Waals surface area contributed by atoms with Crippen molar-refractivity contribution in [2.24, 2.45) is 4.99 Å². The summed E-state index contributed by atoms with van der Waals surface area (Å²) in [7, 11) is 0. The number of hydrogen-bond donors (Lipinski definition) is 1. The average molecular weight is 663 g/mol. The lowest BCUT2D eigenvalue weighted by Crippen LogP contribution is -2.31. The van der Waals surface area contributed by atoms with E-state index < -0.39 is 43.1 Å². The minimum atomic E-state index is -4.52. The van der Waals surface area contributed by atoms with Gasteiger partial charge >= 0.3 is 18.4 Å². The minimum Gasteiger partial charge on any atom is -0.367 e. The number of rotatable bonds is 7. The number of carbonyl (C=O) groups is 2. The first kappa shape index (κ1) is 32.7. The van der Waals surface area contributed by atoms with Crippen LogP contribution >= 0.6 is 11.8 Å². The SMILES string of the molecule is Cc1ccc(COCC(F)(F)F)c(N2C(=O)CS/C2=N\C(=O)Nc2ccc(-c3ncn(-c4ccc(C(F)(F)F)cc4)n3)cc2C)c1. The van der Waals surface area contributed by atoms with Crippen molar-refractivity contribution in [1.82, 2.24) is 14.8 Å². The van der Waals surface area contributed by atoms with E-state index in [2.05, 4.69) is 20.4 Å². The molecule has 3 amide bonds. The van der Waals surface area contributed by atoms with E-state index in [-0.39, 0.29) is 16.6 Å². The van der Waals surface area contributed by atoms with Gasteiger partial charge in [-0.05, 0) is 73.5 Å². The number of carbonyl (C=O) groups excluding carboxylic acids is 2. The third-order valence-electron chi connectivity index (χ3n) is 6.64. The molecular weight excluding hydrogens is 638 g/mol. The third-order valence-corrected chi connectivity index (χ3v) is 7.57. The maximum Gasteiger partial charge on any atom is 0.416 e. The monoisotopic (exact) mass is 662 g/mol. The molecule has 5 rings (SSSR count). The second-order valence-corrected chi connectivity index (χ2v) is 11.1. The van der Waals surface area contributed by atoms with Gasteiger partial charge in [0.25, 0.3) is 0 Å². The van der Waals surface area contributed by atoms with Gasteiger partial charge in [0.05, 0.1) is 29.3 Å². The Balaban J connectivity index is 1.30. The van der Waals surface area contributed by atoms with Crippen LogP contribution in [0.2, 0.25) is 0 Å². The number of amidine groups is 1. The number of aromatic nitrogens is 3. The molecule has 16 heteroatoms. The highest BCUT2D eigenvalue weighted by Crippen LogP contribution is 2.32. The normalized spacial score (nSPS) is 14.7. The maximum absolute atomic E-state index is 12.9. The number of benzene rings is 3. The van der Waals surface area contributed by atoms with Crippen molar-refractivity contribution in [2.75, 3.05) is 22.6 Å². The van der Waals surface area contributed by atoms with Crippen molar-refractivity contribution in [2.45, 2.75) is 32.8 Å². The molecule has 0 radical (unpaired) electrons. The van der Waals surface area contributed by atoms with Gasteiger partial charge < -0.3 is 10.1 Å². The number of nitrogens with one attached hydrogen (secondary N) is 1. The number of aryl methyl sites for hydroxylation is 2. The Hall–Kier alpha value is -4.70. The molecule has 4 aromatic rings. The van der Waals surface area contributed by atoms with Crippen LogP contribution in [0.4, 0.5) is 42.5 Å². The van der Waals surface area contributed by atoms with Crippen LogP contribution in [-0.4, -0.2) is 50.4 Å². The fraction of sp³-hybridized carbons (Fsp3) is 0.233. The summed E-state index contributed by atoms with van der Waals surface area (Å²) in [6.07, 6.45) is -7.60. The Bertz CT molecular complexity index is 1800. The van der Waals surface area contributed by atoms with Crippen LogP contribution in [0.5, 0.6) is 0 Å². The van der Waals surface area contributed by atoms with Crippen LogP contribution in [0.25, 0.3) is 17.1 Å². The van der Waals surface area contributed by atoms with Gasteiger partial charge in [0.2, 0.25) is 5.91 Å². The first-order chi connectivity index (χ1) is 21.7. The van der Waals surface area contributed by atoms with E-state index >= 15 is 0 Å². The van der Waals surface area contributed by atoms with E-state index in [0.717, 1.165) is 29.5 Å². The molecule has 46 heavy (non-hydrogen) atoms. The van der Waals surface area contributed by atoms with Crippen LogP contribution in [0.15, 0.2) is 72.0 Å². The fourth-order valence-electron chi connectivity index (χ4n) is 4.46. The lowest BCUT2D eigenvalue weighted by molar-refractivity contribution is -0.176. The van der Waals surface area contributed by atoms with Crippen molar-refractivity contribution in [3.8, 4) is 17.1 Å². The second kappa shape index (κ2) is 13.0. The van der Waals surface area contributed by atoms with Crippen molar-refractivity contribution < 1.29 is 40.7 Å². The van der Waals surface area contributed by atoms with E-state index in [1.54, 1.807) is 50.2 Å².